The molecule has 0 aromatic heterocycles. The van der Waals surface area contributed by atoms with Crippen molar-refractivity contribution in [2.24, 2.45) is 0 Å². The molecule has 1 heterocycles. The van der Waals surface area contributed by atoms with Crippen molar-refractivity contribution < 1.29 is 19.8 Å². The molecule has 2 fully saturated rings. The van der Waals surface area contributed by atoms with E-state index in [0.29, 0.717) is 13.0 Å². The van der Waals surface area contributed by atoms with Crippen molar-refractivity contribution in [3.63, 3.8) is 0 Å². The Morgan fingerprint density at radius 2 is 2.00 bits per heavy atom. The van der Waals surface area contributed by atoms with E-state index in [2.05, 4.69) is 0 Å². The van der Waals surface area contributed by atoms with Crippen LogP contribution in [0.3, 0.4) is 0 Å². The number of allylic oxidation sites excluding steroid dienone is 1. The number of piperidine rings is 1. The summed E-state index contributed by atoms with van der Waals surface area (Å²) in [5.74, 6) is -1.41. The van der Waals surface area contributed by atoms with Crippen LogP contribution in [0.4, 0.5) is 0 Å². The summed E-state index contributed by atoms with van der Waals surface area (Å²) >= 11 is 0. The van der Waals surface area contributed by atoms with Gasteiger partial charge in [0.2, 0.25) is 5.91 Å². The maximum absolute atomic E-state index is 11.9. The van der Waals surface area contributed by atoms with Gasteiger partial charge in [-0.3, -0.25) is 4.79 Å². The molecule has 17 heavy (non-hydrogen) atoms. The maximum Gasteiger partial charge on any atom is 0.337 e. The van der Waals surface area contributed by atoms with Gasteiger partial charge in [-0.15, -0.1) is 0 Å². The number of hydrogen-bond acceptors (Lipinski definition) is 3. The van der Waals surface area contributed by atoms with Gasteiger partial charge in [-0.2, -0.15) is 0 Å². The number of β-amino-alcohol motifs (C(OH)–C–C–N with tert-alkyl or cyclic N) is 1. The number of carboxylic acids is 1. The third-order valence-corrected chi connectivity index (χ3v) is 3.50. The Kier molecular flexibility index (Phi) is 3.19. The lowest BCUT2D eigenvalue weighted by Gasteiger charge is -2.36. The van der Waals surface area contributed by atoms with Crippen LogP contribution in [-0.2, 0) is 9.59 Å². The zero-order valence-corrected chi connectivity index (χ0v) is 9.69. The lowest BCUT2D eigenvalue weighted by atomic mass is 9.90. The number of nitrogens with zero attached hydrogens (tertiary/aromatic N) is 1. The van der Waals surface area contributed by atoms with E-state index in [1.807, 2.05) is 0 Å². The highest BCUT2D eigenvalue weighted by molar-refractivity contribution is 5.89. The van der Waals surface area contributed by atoms with Gasteiger partial charge >= 0.3 is 5.97 Å². The number of aliphatic hydroxyl groups is 1. The second-order valence-corrected chi connectivity index (χ2v) is 4.86. The summed E-state index contributed by atoms with van der Waals surface area (Å²) in [7, 11) is 0. The number of likely N-dealkylation sites (tertiary alicyclic amines) is 1. The second kappa shape index (κ2) is 4.49. The zero-order valence-electron chi connectivity index (χ0n) is 9.69. The van der Waals surface area contributed by atoms with E-state index in [4.69, 9.17) is 5.11 Å². The molecule has 0 aromatic carbocycles. The monoisotopic (exact) mass is 239 g/mol. The Hall–Kier alpha value is -1.36. The first-order chi connectivity index (χ1) is 8.01. The van der Waals surface area contributed by atoms with E-state index in [-0.39, 0.29) is 18.9 Å². The topological polar surface area (TPSA) is 77.8 Å². The number of carbonyl (C=O) groups is 2. The van der Waals surface area contributed by atoms with Gasteiger partial charge in [0.15, 0.2) is 5.60 Å². The minimum absolute atomic E-state index is 0.106. The van der Waals surface area contributed by atoms with E-state index >= 15 is 0 Å². The Morgan fingerprint density at radius 3 is 2.53 bits per heavy atom. The van der Waals surface area contributed by atoms with E-state index in [0.717, 1.165) is 24.8 Å². The summed E-state index contributed by atoms with van der Waals surface area (Å²) in [6, 6.07) is 0. The number of rotatable bonds is 2. The molecule has 0 aromatic rings. The van der Waals surface area contributed by atoms with Crippen molar-refractivity contribution in [2.45, 2.75) is 37.7 Å². The SMILES string of the molecule is O=C(C=C1CCC1)N1CCC[C@@](O)(C(=O)O)C1. The van der Waals surface area contributed by atoms with Crippen LogP contribution in [-0.4, -0.2) is 45.7 Å². The van der Waals surface area contributed by atoms with E-state index in [1.54, 1.807) is 6.08 Å². The van der Waals surface area contributed by atoms with Crippen LogP contribution in [0.1, 0.15) is 32.1 Å². The van der Waals surface area contributed by atoms with Crippen molar-refractivity contribution in [3.05, 3.63) is 11.6 Å². The molecule has 1 saturated carbocycles. The average Bonchev–Trinajstić information content (AvgIpc) is 2.23. The van der Waals surface area contributed by atoms with Crippen LogP contribution in [0.2, 0.25) is 0 Å². The third kappa shape index (κ3) is 2.49. The van der Waals surface area contributed by atoms with Crippen molar-refractivity contribution in [1.29, 1.82) is 0 Å². The third-order valence-electron chi connectivity index (χ3n) is 3.50. The van der Waals surface area contributed by atoms with Crippen LogP contribution in [0.5, 0.6) is 0 Å². The normalized spacial score (nSPS) is 28.5. The number of hydrogen-bond donors (Lipinski definition) is 2. The molecule has 2 N–H and O–H groups in total. The summed E-state index contributed by atoms with van der Waals surface area (Å²) in [6.07, 6.45) is 5.38. The highest BCUT2D eigenvalue weighted by Gasteiger charge is 2.41. The van der Waals surface area contributed by atoms with Gasteiger partial charge in [-0.05, 0) is 32.1 Å². The fourth-order valence-electron chi connectivity index (χ4n) is 2.19. The minimum atomic E-state index is -1.77. The van der Waals surface area contributed by atoms with E-state index in [9.17, 15) is 14.7 Å². The Bertz CT molecular complexity index is 371. The van der Waals surface area contributed by atoms with E-state index in [1.165, 1.54) is 4.90 Å². The minimum Gasteiger partial charge on any atom is -0.479 e. The Balaban J connectivity index is 2.01. The summed E-state index contributed by atoms with van der Waals surface area (Å²) in [6.45, 7) is 0.420. The molecule has 0 unspecified atom stereocenters. The van der Waals surface area contributed by atoms with Gasteiger partial charge < -0.3 is 15.1 Å². The molecule has 1 atom stereocenters. The molecule has 5 nitrogen and oxygen atoms in total. The number of carboxylic acid groups (broad SMARTS) is 1. The van der Waals surface area contributed by atoms with Gasteiger partial charge in [-0.25, -0.2) is 4.79 Å². The van der Waals surface area contributed by atoms with Crippen molar-refractivity contribution in [1.82, 2.24) is 4.90 Å². The predicted octanol–water partition coefficient (Wildman–Crippen LogP) is 0.535. The molecule has 0 spiro atoms. The smallest absolute Gasteiger partial charge is 0.337 e. The number of carbonyl (C=O) groups excluding carboxylic acids is 1. The molecule has 1 amide bonds. The molecule has 5 heteroatoms. The first kappa shape index (κ1) is 12.1. The average molecular weight is 239 g/mol. The van der Waals surface area contributed by atoms with Crippen molar-refractivity contribution in [3.8, 4) is 0 Å². The molecule has 94 valence electrons. The fraction of sp³-hybridized carbons (Fsp3) is 0.667. The molecule has 1 aliphatic carbocycles. The summed E-state index contributed by atoms with van der Waals surface area (Å²) < 4.78 is 0. The number of amides is 1. The molecule has 0 bridgehead atoms. The lowest BCUT2D eigenvalue weighted by molar-refractivity contribution is -0.165. The van der Waals surface area contributed by atoms with Crippen LogP contribution in [0.15, 0.2) is 11.6 Å². The first-order valence-corrected chi connectivity index (χ1v) is 5.95. The summed E-state index contributed by atoms with van der Waals surface area (Å²) in [5.41, 5.74) is -0.647. The molecule has 2 aliphatic rings. The Morgan fingerprint density at radius 1 is 1.29 bits per heavy atom. The van der Waals surface area contributed by atoms with Crippen molar-refractivity contribution >= 4 is 11.9 Å². The molecule has 2 rings (SSSR count). The first-order valence-electron chi connectivity index (χ1n) is 5.95. The predicted molar refractivity (Wildman–Crippen MR) is 60.3 cm³/mol. The molecule has 0 radical (unpaired) electrons. The molecule has 1 saturated heterocycles. The van der Waals surface area contributed by atoms with Crippen LogP contribution in [0.25, 0.3) is 0 Å². The largest absolute Gasteiger partial charge is 0.479 e. The van der Waals surface area contributed by atoms with Crippen LogP contribution in [0, 0.1) is 0 Å². The highest BCUT2D eigenvalue weighted by atomic mass is 16.4. The van der Waals surface area contributed by atoms with Crippen molar-refractivity contribution in [2.75, 3.05) is 13.1 Å². The second-order valence-electron chi connectivity index (χ2n) is 4.86. The molecule has 1 aliphatic heterocycles. The highest BCUT2D eigenvalue weighted by Crippen LogP contribution is 2.26. The van der Waals surface area contributed by atoms with Gasteiger partial charge in [0.05, 0.1) is 6.54 Å². The fourth-order valence-corrected chi connectivity index (χ4v) is 2.19. The molecular weight excluding hydrogens is 222 g/mol. The maximum atomic E-state index is 11.9. The van der Waals surface area contributed by atoms with Gasteiger partial charge in [0.25, 0.3) is 0 Å². The van der Waals surface area contributed by atoms with Gasteiger partial charge in [-0.1, -0.05) is 5.57 Å². The summed E-state index contributed by atoms with van der Waals surface area (Å²) in [4.78, 5) is 24.2. The van der Waals surface area contributed by atoms with Crippen LogP contribution < -0.4 is 0 Å². The lowest BCUT2D eigenvalue weighted by Crippen LogP contribution is -2.54. The standard InChI is InChI=1S/C12H17NO4/c14-10(7-9-3-1-4-9)13-6-2-5-12(17,8-13)11(15)16/h7,17H,1-6,8H2,(H,15,16)/t12-/m0/s1. The van der Waals surface area contributed by atoms with E-state index < -0.39 is 11.6 Å². The quantitative estimate of drug-likeness (QED) is 0.689. The number of aliphatic carboxylic acids is 1. The van der Waals surface area contributed by atoms with Gasteiger partial charge in [0, 0.05) is 12.6 Å². The van der Waals surface area contributed by atoms with Crippen LogP contribution >= 0.6 is 0 Å². The zero-order chi connectivity index (χ0) is 12.5. The summed E-state index contributed by atoms with van der Waals surface area (Å²) in [5, 5.41) is 18.8. The van der Waals surface area contributed by atoms with Gasteiger partial charge in [0.1, 0.15) is 0 Å². The molecular formula is C12H17NO4. The Labute approximate surface area is 99.7 Å².